The van der Waals surface area contributed by atoms with Gasteiger partial charge in [-0.05, 0) is 18.4 Å². The van der Waals surface area contributed by atoms with E-state index in [-0.39, 0.29) is 30.1 Å². The van der Waals surface area contributed by atoms with Gasteiger partial charge in [-0.15, -0.1) is 35.3 Å². The van der Waals surface area contributed by atoms with Gasteiger partial charge >= 0.3 is 0 Å². The Morgan fingerprint density at radius 2 is 2.38 bits per heavy atom. The van der Waals surface area contributed by atoms with Gasteiger partial charge in [-0.25, -0.2) is 0 Å². The molecule has 6 nitrogen and oxygen atoms in total. The Morgan fingerprint density at radius 1 is 1.54 bits per heavy atom. The fraction of sp³-hybridized carbons (Fsp3) is 0.688. The van der Waals surface area contributed by atoms with Gasteiger partial charge in [-0.2, -0.15) is 0 Å². The number of nitrogens with one attached hydrogen (secondary N) is 2. The molecular weight excluding hydrogens is 439 g/mol. The highest BCUT2D eigenvalue weighted by Crippen LogP contribution is 2.26. The minimum absolute atomic E-state index is 0. The van der Waals surface area contributed by atoms with E-state index in [2.05, 4.69) is 45.0 Å². The van der Waals surface area contributed by atoms with E-state index >= 15 is 0 Å². The van der Waals surface area contributed by atoms with Gasteiger partial charge < -0.3 is 20.1 Å². The third kappa shape index (κ3) is 6.83. The van der Waals surface area contributed by atoms with Crippen molar-refractivity contribution in [3.8, 4) is 0 Å². The lowest BCUT2D eigenvalue weighted by Gasteiger charge is -2.37. The average Bonchev–Trinajstić information content (AvgIpc) is 3.08. The number of nitrogens with zero attached hydrogens (tertiary/aromatic N) is 2. The van der Waals surface area contributed by atoms with Crippen LogP contribution in [0, 0.1) is 0 Å². The molecule has 1 aliphatic rings. The topological polar surface area (TPSA) is 58.1 Å². The maximum absolute atomic E-state index is 5.68. The third-order valence-electron chi connectivity index (χ3n) is 3.87. The maximum atomic E-state index is 5.68. The summed E-state index contributed by atoms with van der Waals surface area (Å²) in [6, 6.07) is 4.66. The third-order valence-corrected chi connectivity index (χ3v) is 4.84. The van der Waals surface area contributed by atoms with Crippen LogP contribution < -0.4 is 10.6 Å². The molecule has 2 atom stereocenters. The first kappa shape index (κ1) is 21.6. The van der Waals surface area contributed by atoms with E-state index in [0.29, 0.717) is 12.6 Å². The smallest absolute Gasteiger partial charge is 0.191 e. The number of rotatable bonds is 7. The highest BCUT2D eigenvalue weighted by molar-refractivity contribution is 14.0. The largest absolute Gasteiger partial charge is 0.383 e. The first-order chi connectivity index (χ1) is 11.2. The van der Waals surface area contributed by atoms with Crippen molar-refractivity contribution in [2.45, 2.75) is 19.1 Å². The van der Waals surface area contributed by atoms with Crippen LogP contribution in [0.2, 0.25) is 0 Å². The zero-order valence-electron chi connectivity index (χ0n) is 14.7. The molecule has 0 aromatic carbocycles. The molecule has 0 bridgehead atoms. The first-order valence-electron chi connectivity index (χ1n) is 8.07. The Hall–Kier alpha value is -0.420. The number of morpholine rings is 1. The van der Waals surface area contributed by atoms with Crippen LogP contribution in [0.4, 0.5) is 0 Å². The highest BCUT2D eigenvalue weighted by atomic mass is 127. The lowest BCUT2D eigenvalue weighted by Crippen LogP contribution is -2.48. The second kappa shape index (κ2) is 12.0. The number of guanidine groups is 1. The van der Waals surface area contributed by atoms with E-state index < -0.39 is 0 Å². The summed E-state index contributed by atoms with van der Waals surface area (Å²) in [6.07, 6.45) is 0.283. The molecule has 2 heterocycles. The van der Waals surface area contributed by atoms with Gasteiger partial charge in [0.2, 0.25) is 0 Å². The van der Waals surface area contributed by atoms with Crippen molar-refractivity contribution in [2.24, 2.45) is 4.99 Å². The molecule has 8 heteroatoms. The number of hydrogen-bond donors (Lipinski definition) is 2. The van der Waals surface area contributed by atoms with Gasteiger partial charge in [0.1, 0.15) is 0 Å². The number of aliphatic imine (C=N–C) groups is 1. The van der Waals surface area contributed by atoms with Crippen LogP contribution >= 0.6 is 35.3 Å². The van der Waals surface area contributed by atoms with E-state index in [1.807, 2.05) is 0 Å². The summed E-state index contributed by atoms with van der Waals surface area (Å²) in [5.41, 5.74) is 0. The van der Waals surface area contributed by atoms with Crippen LogP contribution in [0.25, 0.3) is 0 Å². The molecule has 1 fully saturated rings. The standard InChI is InChI=1S/C16H28N4O2S.HI/c1-13-12-20(7-9-22-13)14(15-5-4-10-23-15)11-19-16(17-2)18-6-8-21-3;/h4-5,10,13-14H,6-9,11-12H2,1-3H3,(H2,17,18,19);1H. The average molecular weight is 468 g/mol. The molecule has 2 rings (SSSR count). The fourth-order valence-corrected chi connectivity index (χ4v) is 3.57. The molecule has 0 radical (unpaired) electrons. The molecule has 138 valence electrons. The normalized spacial score (nSPS) is 20.3. The lowest BCUT2D eigenvalue weighted by molar-refractivity contribution is -0.0334. The molecule has 1 saturated heterocycles. The number of halogens is 1. The number of ether oxygens (including phenoxy) is 2. The Bertz CT molecular complexity index is 473. The van der Waals surface area contributed by atoms with E-state index in [9.17, 15) is 0 Å². The molecular formula is C16H29IN4O2S. The van der Waals surface area contributed by atoms with Crippen molar-refractivity contribution < 1.29 is 9.47 Å². The summed E-state index contributed by atoms with van der Waals surface area (Å²) in [5, 5.41) is 8.83. The van der Waals surface area contributed by atoms with Crippen LogP contribution in [0.5, 0.6) is 0 Å². The quantitative estimate of drug-likeness (QED) is 0.277. The molecule has 0 saturated carbocycles. The Morgan fingerprint density at radius 3 is 3.00 bits per heavy atom. The van der Waals surface area contributed by atoms with Crippen molar-refractivity contribution in [3.05, 3.63) is 22.4 Å². The zero-order chi connectivity index (χ0) is 16.5. The van der Waals surface area contributed by atoms with Crippen molar-refractivity contribution >= 4 is 41.3 Å². The lowest BCUT2D eigenvalue weighted by atomic mass is 10.1. The van der Waals surface area contributed by atoms with Gasteiger partial charge in [-0.3, -0.25) is 9.89 Å². The molecule has 24 heavy (non-hydrogen) atoms. The minimum atomic E-state index is 0. The molecule has 1 aromatic heterocycles. The Labute approximate surface area is 166 Å². The monoisotopic (exact) mass is 468 g/mol. The zero-order valence-corrected chi connectivity index (χ0v) is 17.8. The van der Waals surface area contributed by atoms with E-state index in [0.717, 1.165) is 38.7 Å². The van der Waals surface area contributed by atoms with Crippen LogP contribution in [0.3, 0.4) is 0 Å². The van der Waals surface area contributed by atoms with Crippen molar-refractivity contribution in [1.29, 1.82) is 0 Å². The van der Waals surface area contributed by atoms with Crippen molar-refractivity contribution in [3.63, 3.8) is 0 Å². The second-order valence-corrected chi connectivity index (χ2v) is 6.56. The molecule has 0 amide bonds. The van der Waals surface area contributed by atoms with E-state index in [4.69, 9.17) is 9.47 Å². The highest BCUT2D eigenvalue weighted by Gasteiger charge is 2.26. The molecule has 1 aliphatic heterocycles. The summed E-state index contributed by atoms with van der Waals surface area (Å²) in [5.74, 6) is 0.810. The van der Waals surface area contributed by atoms with Gasteiger partial charge in [0.15, 0.2) is 5.96 Å². The summed E-state index contributed by atoms with van der Waals surface area (Å²) >= 11 is 1.80. The SMILES string of the molecule is CN=C(NCCOC)NCC(c1cccs1)N1CCOC(C)C1.I. The predicted octanol–water partition coefficient (Wildman–Crippen LogP) is 1.94. The molecule has 0 aliphatic carbocycles. The fourth-order valence-electron chi connectivity index (χ4n) is 2.70. The van der Waals surface area contributed by atoms with E-state index in [1.54, 1.807) is 25.5 Å². The first-order valence-corrected chi connectivity index (χ1v) is 8.95. The summed E-state index contributed by atoms with van der Waals surface area (Å²) in [7, 11) is 3.49. The second-order valence-electron chi connectivity index (χ2n) is 5.58. The van der Waals surface area contributed by atoms with Gasteiger partial charge in [0.25, 0.3) is 0 Å². The van der Waals surface area contributed by atoms with Gasteiger partial charge in [0.05, 0.1) is 25.4 Å². The Kier molecular flexibility index (Phi) is 10.8. The van der Waals surface area contributed by atoms with Crippen LogP contribution in [0.15, 0.2) is 22.5 Å². The van der Waals surface area contributed by atoms with Crippen LogP contribution in [-0.2, 0) is 9.47 Å². The van der Waals surface area contributed by atoms with Crippen LogP contribution in [0.1, 0.15) is 17.8 Å². The van der Waals surface area contributed by atoms with Crippen LogP contribution in [-0.4, -0.2) is 70.5 Å². The summed E-state index contributed by atoms with van der Waals surface area (Å²) < 4.78 is 10.7. The number of methoxy groups -OCH3 is 1. The minimum Gasteiger partial charge on any atom is -0.383 e. The molecule has 1 aromatic rings. The predicted molar refractivity (Wildman–Crippen MR) is 111 cm³/mol. The van der Waals surface area contributed by atoms with Gasteiger partial charge in [0, 0.05) is 45.2 Å². The maximum Gasteiger partial charge on any atom is 0.191 e. The van der Waals surface area contributed by atoms with Crippen molar-refractivity contribution in [2.75, 3.05) is 53.6 Å². The number of thiophene rings is 1. The molecule has 2 unspecified atom stereocenters. The Balaban J connectivity index is 0.00000288. The molecule has 2 N–H and O–H groups in total. The van der Waals surface area contributed by atoms with Gasteiger partial charge in [-0.1, -0.05) is 6.07 Å². The van der Waals surface area contributed by atoms with E-state index in [1.165, 1.54) is 4.88 Å². The summed E-state index contributed by atoms with van der Waals surface area (Å²) in [6.45, 7) is 7.08. The number of hydrogen-bond acceptors (Lipinski definition) is 5. The van der Waals surface area contributed by atoms with Crippen molar-refractivity contribution in [1.82, 2.24) is 15.5 Å². The summed E-state index contributed by atoms with van der Waals surface area (Å²) in [4.78, 5) is 8.14. The molecule has 0 spiro atoms.